The van der Waals surface area contributed by atoms with Crippen LogP contribution in [0.15, 0.2) is 15.5 Å². The summed E-state index contributed by atoms with van der Waals surface area (Å²) in [6, 6.07) is 2.02. The maximum atomic E-state index is 11.0. The molecule has 1 aromatic rings. The third-order valence-electron chi connectivity index (χ3n) is 4.42. The molecule has 0 unspecified atom stereocenters. The molecule has 0 radical (unpaired) electrons. The molecule has 0 spiro atoms. The fourth-order valence-corrected chi connectivity index (χ4v) is 4.24. The molecule has 0 N–H and O–H groups in total. The number of benzene rings is 1. The molecule has 112 valence electrons. The Morgan fingerprint density at radius 1 is 1.33 bits per heavy atom. The lowest BCUT2D eigenvalue weighted by Crippen LogP contribution is -2.23. The topological polar surface area (TPSA) is 47.9 Å². The molecule has 1 aliphatic carbocycles. The first-order valence-electron chi connectivity index (χ1n) is 7.42. The molecule has 0 amide bonds. The highest BCUT2D eigenvalue weighted by molar-refractivity contribution is 9.10. The van der Waals surface area contributed by atoms with Crippen molar-refractivity contribution in [2.45, 2.75) is 44.6 Å². The van der Waals surface area contributed by atoms with Crippen LogP contribution in [0.1, 0.15) is 43.7 Å². The van der Waals surface area contributed by atoms with Crippen LogP contribution in [-0.2, 0) is 16.8 Å². The molecule has 21 heavy (non-hydrogen) atoms. The van der Waals surface area contributed by atoms with Crippen molar-refractivity contribution >= 4 is 22.0 Å². The molecule has 0 atom stereocenters. The van der Waals surface area contributed by atoms with Gasteiger partial charge in [0.15, 0.2) is 11.5 Å². The van der Waals surface area contributed by atoms with Gasteiger partial charge in [0.05, 0.1) is 10.0 Å². The van der Waals surface area contributed by atoms with Crippen LogP contribution in [0.4, 0.5) is 0 Å². The van der Waals surface area contributed by atoms with Gasteiger partial charge in [0.2, 0.25) is 6.08 Å². The van der Waals surface area contributed by atoms with Gasteiger partial charge in [0, 0.05) is 0 Å². The van der Waals surface area contributed by atoms with Crippen LogP contribution >= 0.6 is 15.9 Å². The van der Waals surface area contributed by atoms with Gasteiger partial charge in [0.1, 0.15) is 13.2 Å². The van der Waals surface area contributed by atoms with E-state index >= 15 is 0 Å². The van der Waals surface area contributed by atoms with E-state index in [0.717, 1.165) is 59.2 Å². The van der Waals surface area contributed by atoms with Crippen molar-refractivity contribution < 1.29 is 14.3 Å². The molecule has 1 saturated carbocycles. The molecule has 0 aromatic heterocycles. The Morgan fingerprint density at radius 3 is 2.71 bits per heavy atom. The normalized spacial score (nSPS) is 19.1. The number of hydrogen-bond acceptors (Lipinski definition) is 4. The van der Waals surface area contributed by atoms with E-state index < -0.39 is 5.54 Å². The molecule has 1 fully saturated rings. The Hall–Kier alpha value is -1.32. The van der Waals surface area contributed by atoms with Crippen LogP contribution in [0.5, 0.6) is 11.5 Å². The van der Waals surface area contributed by atoms with Crippen LogP contribution < -0.4 is 9.47 Å². The van der Waals surface area contributed by atoms with E-state index in [0.29, 0.717) is 13.2 Å². The summed E-state index contributed by atoms with van der Waals surface area (Å²) in [7, 11) is 0. The second-order valence-corrected chi connectivity index (χ2v) is 6.33. The van der Waals surface area contributed by atoms with Gasteiger partial charge >= 0.3 is 0 Å². The predicted octanol–water partition coefficient (Wildman–Crippen LogP) is 3.89. The number of rotatable bonds is 3. The fraction of sp³-hybridized carbons (Fsp3) is 0.562. The lowest BCUT2D eigenvalue weighted by Gasteiger charge is -2.29. The van der Waals surface area contributed by atoms with E-state index in [1.165, 1.54) is 0 Å². The molecule has 1 aromatic carbocycles. The van der Waals surface area contributed by atoms with Gasteiger partial charge in [0.25, 0.3) is 0 Å². The third-order valence-corrected chi connectivity index (χ3v) is 5.26. The highest BCUT2D eigenvalue weighted by Crippen LogP contribution is 2.50. The zero-order chi connectivity index (χ0) is 14.9. The largest absolute Gasteiger partial charge is 0.486 e. The maximum absolute atomic E-state index is 11.0. The van der Waals surface area contributed by atoms with Crippen LogP contribution in [0.3, 0.4) is 0 Å². The summed E-state index contributed by atoms with van der Waals surface area (Å²) in [5, 5.41) is 0. The Bertz CT molecular complexity index is 602. The number of fused-ring (bicyclic) bond motifs is 1. The Balaban J connectivity index is 2.21. The van der Waals surface area contributed by atoms with Crippen molar-refractivity contribution in [3.8, 4) is 11.5 Å². The van der Waals surface area contributed by atoms with Crippen molar-refractivity contribution in [2.75, 3.05) is 13.2 Å². The number of ether oxygens (including phenoxy) is 2. The minimum atomic E-state index is -0.439. The SMILES string of the molecule is CCc1c(C2(N=C=O)CCCC2)cc2c(c1Br)OCCO2. The van der Waals surface area contributed by atoms with E-state index in [4.69, 9.17) is 9.47 Å². The predicted molar refractivity (Wildman–Crippen MR) is 82.8 cm³/mol. The lowest BCUT2D eigenvalue weighted by molar-refractivity contribution is 0.169. The summed E-state index contributed by atoms with van der Waals surface area (Å²) < 4.78 is 12.4. The molecule has 5 heteroatoms. The van der Waals surface area contributed by atoms with Gasteiger partial charge in [-0.2, -0.15) is 4.99 Å². The molecule has 4 nitrogen and oxygen atoms in total. The van der Waals surface area contributed by atoms with Crippen molar-refractivity contribution in [1.82, 2.24) is 0 Å². The first-order chi connectivity index (χ1) is 10.2. The Morgan fingerprint density at radius 2 is 2.05 bits per heavy atom. The van der Waals surface area contributed by atoms with E-state index in [-0.39, 0.29) is 0 Å². The van der Waals surface area contributed by atoms with Gasteiger partial charge in [-0.05, 0) is 52.4 Å². The second kappa shape index (κ2) is 5.82. The molecule has 3 rings (SSSR count). The zero-order valence-corrected chi connectivity index (χ0v) is 13.7. The van der Waals surface area contributed by atoms with E-state index in [1.807, 2.05) is 6.07 Å². The zero-order valence-electron chi connectivity index (χ0n) is 12.1. The van der Waals surface area contributed by atoms with Gasteiger partial charge in [-0.25, -0.2) is 4.79 Å². The van der Waals surface area contributed by atoms with Crippen LogP contribution in [0.25, 0.3) is 0 Å². The van der Waals surface area contributed by atoms with Crippen molar-refractivity contribution in [3.05, 3.63) is 21.7 Å². The molecule has 1 aliphatic heterocycles. The molecule has 0 bridgehead atoms. The number of aliphatic imine (C=N–C) groups is 1. The molecular formula is C16H18BrNO3. The fourth-order valence-electron chi connectivity index (χ4n) is 3.43. The maximum Gasteiger partial charge on any atom is 0.235 e. The summed E-state index contributed by atoms with van der Waals surface area (Å²) in [4.78, 5) is 15.2. The number of hydrogen-bond donors (Lipinski definition) is 0. The third kappa shape index (κ3) is 2.39. The summed E-state index contributed by atoms with van der Waals surface area (Å²) in [5.41, 5.74) is 1.80. The van der Waals surface area contributed by atoms with Crippen molar-refractivity contribution in [2.24, 2.45) is 4.99 Å². The monoisotopic (exact) mass is 351 g/mol. The van der Waals surface area contributed by atoms with Crippen molar-refractivity contribution in [1.29, 1.82) is 0 Å². The molecular weight excluding hydrogens is 334 g/mol. The number of carbonyl (C=O) groups excluding carboxylic acids is 1. The van der Waals surface area contributed by atoms with E-state index in [9.17, 15) is 4.79 Å². The minimum absolute atomic E-state index is 0.439. The molecule has 1 heterocycles. The number of halogens is 1. The summed E-state index contributed by atoms with van der Waals surface area (Å²) in [6.07, 6.45) is 6.59. The Kier molecular flexibility index (Phi) is 4.05. The van der Waals surface area contributed by atoms with E-state index in [2.05, 4.69) is 27.8 Å². The van der Waals surface area contributed by atoms with Gasteiger partial charge in [-0.1, -0.05) is 19.8 Å². The van der Waals surface area contributed by atoms with Crippen LogP contribution in [-0.4, -0.2) is 19.3 Å². The standard InChI is InChI=1S/C16H18BrNO3/c1-2-11-12(16(18-10-19)5-3-4-6-16)9-13-15(14(11)17)21-8-7-20-13/h9H,2-8H2,1H3. The average Bonchev–Trinajstić information content (AvgIpc) is 2.97. The van der Waals surface area contributed by atoms with Gasteiger partial charge in [-0.3, -0.25) is 0 Å². The first-order valence-corrected chi connectivity index (χ1v) is 8.21. The number of nitrogens with zero attached hydrogens (tertiary/aromatic N) is 1. The van der Waals surface area contributed by atoms with Crippen LogP contribution in [0.2, 0.25) is 0 Å². The summed E-state index contributed by atoms with van der Waals surface area (Å²) >= 11 is 3.66. The average molecular weight is 352 g/mol. The second-order valence-electron chi connectivity index (χ2n) is 5.54. The highest BCUT2D eigenvalue weighted by atomic mass is 79.9. The first kappa shape index (κ1) is 14.6. The number of isocyanates is 1. The quantitative estimate of drug-likeness (QED) is 0.613. The summed E-state index contributed by atoms with van der Waals surface area (Å²) in [5.74, 6) is 1.51. The van der Waals surface area contributed by atoms with Crippen LogP contribution in [0, 0.1) is 0 Å². The Labute approximate surface area is 132 Å². The highest BCUT2D eigenvalue weighted by Gasteiger charge is 2.39. The smallest absolute Gasteiger partial charge is 0.235 e. The van der Waals surface area contributed by atoms with Crippen molar-refractivity contribution in [3.63, 3.8) is 0 Å². The van der Waals surface area contributed by atoms with E-state index in [1.54, 1.807) is 6.08 Å². The lowest BCUT2D eigenvalue weighted by atomic mass is 9.84. The summed E-state index contributed by atoms with van der Waals surface area (Å²) in [6.45, 7) is 3.22. The molecule has 2 aliphatic rings. The molecule has 0 saturated heterocycles. The van der Waals surface area contributed by atoms with Gasteiger partial charge in [-0.15, -0.1) is 0 Å². The van der Waals surface area contributed by atoms with Gasteiger partial charge < -0.3 is 9.47 Å². The minimum Gasteiger partial charge on any atom is -0.486 e.